The van der Waals surface area contributed by atoms with Crippen molar-refractivity contribution < 1.29 is 14.4 Å². The van der Waals surface area contributed by atoms with Gasteiger partial charge in [0.05, 0.1) is 18.7 Å². The molecule has 3 rings (SSSR count). The molecule has 0 aromatic heterocycles. The van der Waals surface area contributed by atoms with Crippen LogP contribution in [0.5, 0.6) is 0 Å². The average molecular weight is 358 g/mol. The van der Waals surface area contributed by atoms with E-state index in [4.69, 9.17) is 0 Å². The first-order valence-electron chi connectivity index (χ1n) is 6.77. The summed E-state index contributed by atoms with van der Waals surface area (Å²) in [7, 11) is 0. The summed E-state index contributed by atoms with van der Waals surface area (Å²) in [5.74, 6) is -0.579. The number of hydrogen-bond donors (Lipinski definition) is 0. The molecule has 5 heteroatoms. The Labute approximate surface area is 135 Å². The van der Waals surface area contributed by atoms with E-state index in [1.54, 1.807) is 42.5 Å². The second-order valence-electron chi connectivity index (χ2n) is 5.05. The maximum absolute atomic E-state index is 12.7. The van der Waals surface area contributed by atoms with Gasteiger partial charge in [-0.05, 0) is 18.2 Å². The number of ketones is 2. The van der Waals surface area contributed by atoms with Crippen LogP contribution in [0.2, 0.25) is 0 Å². The number of benzene rings is 2. The van der Waals surface area contributed by atoms with E-state index in [1.165, 1.54) is 4.90 Å². The summed E-state index contributed by atoms with van der Waals surface area (Å²) in [6.07, 6.45) is -0.102. The summed E-state index contributed by atoms with van der Waals surface area (Å²) in [6, 6.07) is 14.0. The van der Waals surface area contributed by atoms with Crippen molar-refractivity contribution in [3.63, 3.8) is 0 Å². The van der Waals surface area contributed by atoms with Crippen molar-refractivity contribution in [1.82, 2.24) is 0 Å². The number of nitrogens with zero attached hydrogens (tertiary/aromatic N) is 1. The van der Waals surface area contributed by atoms with Gasteiger partial charge in [-0.25, -0.2) is 0 Å². The van der Waals surface area contributed by atoms with Gasteiger partial charge in [-0.1, -0.05) is 46.3 Å². The Morgan fingerprint density at radius 3 is 2.41 bits per heavy atom. The first kappa shape index (κ1) is 14.7. The number of amides is 1. The second-order valence-corrected chi connectivity index (χ2v) is 5.97. The van der Waals surface area contributed by atoms with Crippen LogP contribution in [-0.4, -0.2) is 24.0 Å². The molecule has 1 fully saturated rings. The Morgan fingerprint density at radius 2 is 1.77 bits per heavy atom. The summed E-state index contributed by atoms with van der Waals surface area (Å²) in [5.41, 5.74) is 1.43. The highest BCUT2D eigenvalue weighted by atomic mass is 79.9. The lowest BCUT2D eigenvalue weighted by molar-refractivity contribution is -0.121. The molecular formula is C17H12BrNO3. The predicted octanol–water partition coefficient (Wildman–Crippen LogP) is 2.99. The van der Waals surface area contributed by atoms with E-state index in [1.807, 2.05) is 6.07 Å². The molecule has 1 aliphatic rings. The largest absolute Gasteiger partial charge is 0.304 e. The van der Waals surface area contributed by atoms with Gasteiger partial charge in [0.25, 0.3) is 0 Å². The molecular weight excluding hydrogens is 346 g/mol. The fraction of sp³-hybridized carbons (Fsp3) is 0.118. The smallest absolute Gasteiger partial charge is 0.234 e. The first-order valence-corrected chi connectivity index (χ1v) is 7.57. The molecule has 0 bridgehead atoms. The maximum atomic E-state index is 12.7. The quantitative estimate of drug-likeness (QED) is 0.626. The maximum Gasteiger partial charge on any atom is 0.234 e. The van der Waals surface area contributed by atoms with E-state index in [0.29, 0.717) is 16.8 Å². The number of Topliss-reactive ketones (excluding diaryl/α,β-unsaturated/α-hetero) is 1. The Morgan fingerprint density at radius 1 is 1.05 bits per heavy atom. The number of rotatable bonds is 3. The molecule has 1 heterocycles. The summed E-state index contributed by atoms with van der Waals surface area (Å²) in [6.45, 7) is 0.0233. The monoisotopic (exact) mass is 357 g/mol. The molecule has 1 saturated heterocycles. The zero-order valence-electron chi connectivity index (χ0n) is 11.6. The van der Waals surface area contributed by atoms with Crippen molar-refractivity contribution >= 4 is 39.1 Å². The van der Waals surface area contributed by atoms with Gasteiger partial charge in [-0.2, -0.15) is 0 Å². The van der Waals surface area contributed by atoms with E-state index in [2.05, 4.69) is 15.9 Å². The van der Waals surface area contributed by atoms with Crippen molar-refractivity contribution in [2.24, 2.45) is 0 Å². The molecule has 2 aromatic rings. The first-order chi connectivity index (χ1) is 10.6. The normalized spacial score (nSPS) is 14.5. The summed E-state index contributed by atoms with van der Waals surface area (Å²) >= 11 is 3.35. The Kier molecular flexibility index (Phi) is 3.90. The van der Waals surface area contributed by atoms with Gasteiger partial charge in [-0.15, -0.1) is 0 Å². The molecule has 1 aliphatic heterocycles. The molecule has 2 aromatic carbocycles. The minimum absolute atomic E-state index is 0.0233. The van der Waals surface area contributed by atoms with E-state index < -0.39 is 0 Å². The second kappa shape index (κ2) is 5.85. The molecule has 0 N–H and O–H groups in total. The molecule has 4 nitrogen and oxygen atoms in total. The van der Waals surface area contributed by atoms with Crippen LogP contribution >= 0.6 is 15.9 Å². The zero-order valence-corrected chi connectivity index (χ0v) is 13.2. The van der Waals surface area contributed by atoms with Crippen LogP contribution in [-0.2, 0) is 9.59 Å². The summed E-state index contributed by atoms with van der Waals surface area (Å²) in [5, 5.41) is 0. The van der Waals surface area contributed by atoms with E-state index >= 15 is 0 Å². The molecule has 1 amide bonds. The molecule has 0 radical (unpaired) electrons. The third-order valence-electron chi connectivity index (χ3n) is 3.51. The highest BCUT2D eigenvalue weighted by Crippen LogP contribution is 2.29. The van der Waals surface area contributed by atoms with E-state index in [9.17, 15) is 14.4 Å². The molecule has 0 atom stereocenters. The Balaban J connectivity index is 2.07. The van der Waals surface area contributed by atoms with Gasteiger partial charge in [0.2, 0.25) is 5.91 Å². The van der Waals surface area contributed by atoms with Crippen LogP contribution in [0, 0.1) is 0 Å². The van der Waals surface area contributed by atoms with Gasteiger partial charge in [0.1, 0.15) is 0 Å². The fourth-order valence-corrected chi connectivity index (χ4v) is 2.84. The Bertz CT molecular complexity index is 771. The van der Waals surface area contributed by atoms with Crippen molar-refractivity contribution in [1.29, 1.82) is 0 Å². The summed E-state index contributed by atoms with van der Waals surface area (Å²) in [4.78, 5) is 37.6. The minimum Gasteiger partial charge on any atom is -0.304 e. The van der Waals surface area contributed by atoms with Crippen LogP contribution in [0.25, 0.3) is 0 Å². The predicted molar refractivity (Wildman–Crippen MR) is 86.0 cm³/mol. The molecule has 0 aliphatic carbocycles. The molecule has 22 heavy (non-hydrogen) atoms. The third-order valence-corrected chi connectivity index (χ3v) is 4.01. The molecule has 0 unspecified atom stereocenters. The SMILES string of the molecule is O=C1CC(=O)N(c2ccc(Br)cc2C(=O)c2ccccc2)C1. The fourth-order valence-electron chi connectivity index (χ4n) is 2.47. The lowest BCUT2D eigenvalue weighted by Crippen LogP contribution is -2.26. The van der Waals surface area contributed by atoms with Gasteiger partial charge in [0, 0.05) is 15.6 Å². The van der Waals surface area contributed by atoms with Crippen molar-refractivity contribution in [3.05, 3.63) is 64.1 Å². The third kappa shape index (κ3) is 2.72. The lowest BCUT2D eigenvalue weighted by Gasteiger charge is -2.18. The van der Waals surface area contributed by atoms with Crippen LogP contribution in [0.3, 0.4) is 0 Å². The van der Waals surface area contributed by atoms with Gasteiger partial charge >= 0.3 is 0 Å². The van der Waals surface area contributed by atoms with Gasteiger partial charge < -0.3 is 4.90 Å². The van der Waals surface area contributed by atoms with E-state index in [-0.39, 0.29) is 30.4 Å². The molecule has 0 saturated carbocycles. The van der Waals surface area contributed by atoms with Gasteiger partial charge in [0.15, 0.2) is 11.6 Å². The standard InChI is InChI=1S/C17H12BrNO3/c18-12-6-7-15(19-10-13(20)9-16(19)21)14(8-12)17(22)11-4-2-1-3-5-11/h1-8H,9-10H2. The number of carbonyl (C=O) groups excluding carboxylic acids is 3. The topological polar surface area (TPSA) is 54.5 Å². The number of hydrogen-bond acceptors (Lipinski definition) is 3. The molecule has 110 valence electrons. The van der Waals surface area contributed by atoms with Gasteiger partial charge in [-0.3, -0.25) is 14.4 Å². The van der Waals surface area contributed by atoms with Crippen molar-refractivity contribution in [2.45, 2.75) is 6.42 Å². The minimum atomic E-state index is -0.269. The Hall–Kier alpha value is -2.27. The number of halogens is 1. The van der Waals surface area contributed by atoms with Crippen LogP contribution < -0.4 is 4.90 Å². The summed E-state index contributed by atoms with van der Waals surface area (Å²) < 4.78 is 0.744. The highest BCUT2D eigenvalue weighted by molar-refractivity contribution is 9.10. The van der Waals surface area contributed by atoms with Crippen LogP contribution in [0.15, 0.2) is 53.0 Å². The van der Waals surface area contributed by atoms with Crippen molar-refractivity contribution in [2.75, 3.05) is 11.4 Å². The highest BCUT2D eigenvalue weighted by Gasteiger charge is 2.31. The van der Waals surface area contributed by atoms with E-state index in [0.717, 1.165) is 4.47 Å². The number of anilines is 1. The number of carbonyl (C=O) groups is 3. The van der Waals surface area contributed by atoms with Crippen LogP contribution in [0.4, 0.5) is 5.69 Å². The zero-order chi connectivity index (χ0) is 15.7. The average Bonchev–Trinajstić information content (AvgIpc) is 2.86. The molecule has 0 spiro atoms. The van der Waals surface area contributed by atoms with Crippen LogP contribution in [0.1, 0.15) is 22.3 Å². The van der Waals surface area contributed by atoms with Crippen molar-refractivity contribution in [3.8, 4) is 0 Å². The lowest BCUT2D eigenvalue weighted by atomic mass is 10.0.